The maximum Gasteiger partial charge on any atom is 0.0941 e. The fourth-order valence-corrected chi connectivity index (χ4v) is 2.23. The average Bonchev–Trinajstić information content (AvgIpc) is 2.90. The Morgan fingerprint density at radius 2 is 2.00 bits per heavy atom. The van der Waals surface area contributed by atoms with Gasteiger partial charge >= 0.3 is 0 Å². The third kappa shape index (κ3) is 3.09. The van der Waals surface area contributed by atoms with Crippen LogP contribution >= 0.6 is 11.5 Å². The zero-order valence-electron chi connectivity index (χ0n) is 9.76. The number of nitrogens with one attached hydrogen (secondary N) is 1. The van der Waals surface area contributed by atoms with Gasteiger partial charge in [0, 0.05) is 5.38 Å². The van der Waals surface area contributed by atoms with Gasteiger partial charge in [0.2, 0.25) is 0 Å². The third-order valence-electron chi connectivity index (χ3n) is 2.81. The lowest BCUT2D eigenvalue weighted by Gasteiger charge is -2.13. The van der Waals surface area contributed by atoms with Crippen molar-refractivity contribution in [2.24, 2.45) is 5.84 Å². The van der Waals surface area contributed by atoms with E-state index in [1.165, 1.54) is 22.7 Å². The highest BCUT2D eigenvalue weighted by Crippen LogP contribution is 2.17. The van der Waals surface area contributed by atoms with Crippen LogP contribution in [0.15, 0.2) is 29.6 Å². The Kier molecular flexibility index (Phi) is 4.19. The van der Waals surface area contributed by atoms with Gasteiger partial charge in [0.25, 0.3) is 0 Å². The van der Waals surface area contributed by atoms with Crippen LogP contribution in [0.4, 0.5) is 0 Å². The monoisotopic (exact) mass is 248 g/mol. The molecule has 2 aromatic rings. The third-order valence-corrected chi connectivity index (χ3v) is 3.33. The van der Waals surface area contributed by atoms with Gasteiger partial charge in [0.15, 0.2) is 0 Å². The van der Waals surface area contributed by atoms with Gasteiger partial charge in [-0.3, -0.25) is 11.3 Å². The van der Waals surface area contributed by atoms with Crippen LogP contribution in [-0.4, -0.2) is 9.59 Å². The molecule has 1 heterocycles. The molecule has 0 saturated heterocycles. The number of aryl methyl sites for hydroxylation is 1. The van der Waals surface area contributed by atoms with Gasteiger partial charge in [-0.2, -0.15) is 0 Å². The number of hydrogen-bond acceptors (Lipinski definition) is 5. The summed E-state index contributed by atoms with van der Waals surface area (Å²) >= 11 is 1.34. The maximum atomic E-state index is 5.55. The summed E-state index contributed by atoms with van der Waals surface area (Å²) in [7, 11) is 0. The molecule has 0 spiro atoms. The minimum Gasteiger partial charge on any atom is -0.271 e. The molecule has 1 aromatic carbocycles. The summed E-state index contributed by atoms with van der Waals surface area (Å²) in [5.74, 6) is 5.55. The molecule has 1 unspecified atom stereocenters. The summed E-state index contributed by atoms with van der Waals surface area (Å²) < 4.78 is 3.86. The Bertz CT molecular complexity index is 438. The molecule has 1 atom stereocenters. The van der Waals surface area contributed by atoms with Crippen molar-refractivity contribution in [1.82, 2.24) is 15.0 Å². The molecular weight excluding hydrogens is 232 g/mol. The van der Waals surface area contributed by atoms with E-state index in [1.54, 1.807) is 0 Å². The molecule has 0 fully saturated rings. The second kappa shape index (κ2) is 5.86. The van der Waals surface area contributed by atoms with Gasteiger partial charge in [-0.05, 0) is 35.5 Å². The van der Waals surface area contributed by atoms with E-state index >= 15 is 0 Å². The number of aromatic nitrogens is 2. The SMILES string of the molecule is CCc1ccc(CC(NN)c2csnn2)cc1. The highest BCUT2D eigenvalue weighted by atomic mass is 32.1. The average molecular weight is 248 g/mol. The predicted molar refractivity (Wildman–Crippen MR) is 69.5 cm³/mol. The van der Waals surface area contributed by atoms with Crippen LogP contribution in [0.1, 0.15) is 29.8 Å². The molecule has 2 rings (SSSR count). The zero-order chi connectivity index (χ0) is 12.1. The standard InChI is InChI=1S/C12H16N4S/c1-2-9-3-5-10(6-4-9)7-11(14-13)12-8-17-16-15-12/h3-6,8,11,14H,2,7,13H2,1H3. The molecule has 0 aliphatic carbocycles. The van der Waals surface area contributed by atoms with Crippen molar-refractivity contribution >= 4 is 11.5 Å². The van der Waals surface area contributed by atoms with E-state index in [0.717, 1.165) is 18.5 Å². The second-order valence-electron chi connectivity index (χ2n) is 3.92. The van der Waals surface area contributed by atoms with Gasteiger partial charge in [-0.15, -0.1) is 5.10 Å². The molecular formula is C12H16N4S. The molecule has 0 aliphatic rings. The summed E-state index contributed by atoms with van der Waals surface area (Å²) in [6.45, 7) is 2.15. The lowest BCUT2D eigenvalue weighted by Crippen LogP contribution is -2.29. The van der Waals surface area contributed by atoms with Crippen LogP contribution in [0.5, 0.6) is 0 Å². The molecule has 0 radical (unpaired) electrons. The van der Waals surface area contributed by atoms with E-state index in [4.69, 9.17) is 5.84 Å². The van der Waals surface area contributed by atoms with Crippen LogP contribution in [0.3, 0.4) is 0 Å². The van der Waals surface area contributed by atoms with Gasteiger partial charge in [0.05, 0.1) is 11.7 Å². The first kappa shape index (κ1) is 12.2. The van der Waals surface area contributed by atoms with Crippen molar-refractivity contribution in [3.8, 4) is 0 Å². The molecule has 1 aromatic heterocycles. The van der Waals surface area contributed by atoms with Crippen molar-refractivity contribution in [2.75, 3.05) is 0 Å². The summed E-state index contributed by atoms with van der Waals surface area (Å²) in [6, 6.07) is 8.62. The van der Waals surface area contributed by atoms with Crippen LogP contribution in [-0.2, 0) is 12.8 Å². The van der Waals surface area contributed by atoms with E-state index in [9.17, 15) is 0 Å². The highest BCUT2D eigenvalue weighted by Gasteiger charge is 2.13. The number of nitrogens with zero attached hydrogens (tertiary/aromatic N) is 2. The van der Waals surface area contributed by atoms with Gasteiger partial charge in [-0.25, -0.2) is 0 Å². The molecule has 90 valence electrons. The van der Waals surface area contributed by atoms with Crippen LogP contribution in [0, 0.1) is 0 Å². The topological polar surface area (TPSA) is 63.8 Å². The molecule has 4 nitrogen and oxygen atoms in total. The van der Waals surface area contributed by atoms with Crippen LogP contribution in [0.2, 0.25) is 0 Å². The quantitative estimate of drug-likeness (QED) is 0.626. The number of nitrogens with two attached hydrogens (primary N) is 1. The van der Waals surface area contributed by atoms with Gasteiger partial charge in [0.1, 0.15) is 0 Å². The second-order valence-corrected chi connectivity index (χ2v) is 4.53. The molecule has 5 heteroatoms. The summed E-state index contributed by atoms with van der Waals surface area (Å²) in [4.78, 5) is 0. The maximum absolute atomic E-state index is 5.55. The fourth-order valence-electron chi connectivity index (χ4n) is 1.72. The van der Waals surface area contributed by atoms with Crippen LogP contribution < -0.4 is 11.3 Å². The first-order chi connectivity index (χ1) is 8.33. The fraction of sp³-hybridized carbons (Fsp3) is 0.333. The van der Waals surface area contributed by atoms with Crippen molar-refractivity contribution in [2.45, 2.75) is 25.8 Å². The predicted octanol–water partition coefficient (Wildman–Crippen LogP) is 1.85. The normalized spacial score (nSPS) is 12.6. The Morgan fingerprint density at radius 3 is 2.53 bits per heavy atom. The zero-order valence-corrected chi connectivity index (χ0v) is 10.6. The molecule has 0 amide bonds. The lowest BCUT2D eigenvalue weighted by molar-refractivity contribution is 0.537. The molecule has 0 aliphatic heterocycles. The van der Waals surface area contributed by atoms with E-state index in [0.29, 0.717) is 0 Å². The Balaban J connectivity index is 2.07. The largest absolute Gasteiger partial charge is 0.271 e. The molecule has 3 N–H and O–H groups in total. The Morgan fingerprint density at radius 1 is 1.29 bits per heavy atom. The smallest absolute Gasteiger partial charge is 0.0941 e. The summed E-state index contributed by atoms with van der Waals surface area (Å²) in [5, 5.41) is 5.96. The van der Waals surface area contributed by atoms with Crippen molar-refractivity contribution in [3.63, 3.8) is 0 Å². The summed E-state index contributed by atoms with van der Waals surface area (Å²) in [5.41, 5.74) is 6.28. The van der Waals surface area contributed by atoms with E-state index in [1.807, 2.05) is 5.38 Å². The minimum atomic E-state index is 0.0289. The number of hydrogen-bond donors (Lipinski definition) is 2. The molecule has 0 bridgehead atoms. The highest BCUT2D eigenvalue weighted by molar-refractivity contribution is 7.03. The number of benzene rings is 1. The van der Waals surface area contributed by atoms with Crippen molar-refractivity contribution < 1.29 is 0 Å². The molecule has 0 saturated carbocycles. The lowest BCUT2D eigenvalue weighted by atomic mass is 10.0. The number of rotatable bonds is 5. The first-order valence-corrected chi connectivity index (χ1v) is 6.48. The Hall–Kier alpha value is -1.30. The van der Waals surface area contributed by atoms with Crippen LogP contribution in [0.25, 0.3) is 0 Å². The van der Waals surface area contributed by atoms with Gasteiger partial charge in [-0.1, -0.05) is 35.7 Å². The van der Waals surface area contributed by atoms with Gasteiger partial charge < -0.3 is 0 Å². The van der Waals surface area contributed by atoms with Crippen molar-refractivity contribution in [1.29, 1.82) is 0 Å². The minimum absolute atomic E-state index is 0.0289. The van der Waals surface area contributed by atoms with E-state index in [-0.39, 0.29) is 6.04 Å². The van der Waals surface area contributed by atoms with E-state index < -0.39 is 0 Å². The Labute approximate surface area is 105 Å². The summed E-state index contributed by atoms with van der Waals surface area (Å²) in [6.07, 6.45) is 1.89. The first-order valence-electron chi connectivity index (χ1n) is 5.64. The number of hydrazine groups is 1. The molecule has 17 heavy (non-hydrogen) atoms. The van der Waals surface area contributed by atoms with Crippen molar-refractivity contribution in [3.05, 3.63) is 46.5 Å². The van der Waals surface area contributed by atoms with E-state index in [2.05, 4.69) is 46.2 Å².